The number of hydrogen-bond donors (Lipinski definition) is 2. The molecule has 2 aliphatic rings. The molecule has 1 amide bonds. The number of carbonyl (C=O) groups is 1. The second kappa shape index (κ2) is 8.86. The van der Waals surface area contributed by atoms with Crippen LogP contribution in [-0.4, -0.2) is 66.5 Å². The van der Waals surface area contributed by atoms with Crippen molar-refractivity contribution in [2.24, 2.45) is 0 Å². The molecule has 0 radical (unpaired) electrons. The Kier molecular flexibility index (Phi) is 6.47. The number of nitrogens with zero attached hydrogens (tertiary/aromatic N) is 4. The zero-order valence-electron chi connectivity index (χ0n) is 15.8. The highest BCUT2D eigenvalue weighted by Gasteiger charge is 2.35. The highest BCUT2D eigenvalue weighted by atomic mass is 35.5. The van der Waals surface area contributed by atoms with Crippen LogP contribution in [0.4, 0.5) is 10.1 Å². The van der Waals surface area contributed by atoms with E-state index in [1.165, 1.54) is 0 Å². The first-order chi connectivity index (χ1) is 13.6. The van der Waals surface area contributed by atoms with Gasteiger partial charge in [-0.05, 0) is 19.1 Å². The van der Waals surface area contributed by atoms with Gasteiger partial charge >= 0.3 is 0 Å². The van der Waals surface area contributed by atoms with Crippen LogP contribution < -0.4 is 15.5 Å². The fraction of sp³-hybridized carbons (Fsp3) is 0.474. The number of alkyl halides is 1. The predicted octanol–water partition coefficient (Wildman–Crippen LogP) is 0.943. The third kappa shape index (κ3) is 4.24. The highest BCUT2D eigenvalue weighted by molar-refractivity contribution is 5.92. The number of carbonyl (C=O) groups excluding carboxylic acids is 1. The molecular weight excluding hydrogens is 399 g/mol. The first-order valence-corrected chi connectivity index (χ1v) is 9.26. The van der Waals surface area contributed by atoms with Crippen LogP contribution in [-0.2, 0) is 9.53 Å². The van der Waals surface area contributed by atoms with Gasteiger partial charge in [-0.1, -0.05) is 0 Å². The number of halogens is 2. The Morgan fingerprint density at radius 1 is 1.31 bits per heavy atom. The fourth-order valence-electron chi connectivity index (χ4n) is 3.75. The molecule has 0 aliphatic carbocycles. The maximum absolute atomic E-state index is 13.8. The molecule has 0 spiro atoms. The zero-order valence-corrected chi connectivity index (χ0v) is 16.7. The molecule has 4 atom stereocenters. The molecule has 10 heteroatoms. The van der Waals surface area contributed by atoms with Crippen molar-refractivity contribution in [2.75, 3.05) is 31.1 Å². The first kappa shape index (κ1) is 21.2. The van der Waals surface area contributed by atoms with Crippen LogP contribution in [0.2, 0.25) is 0 Å². The monoisotopic (exact) mass is 420 g/mol. The lowest BCUT2D eigenvalue weighted by atomic mass is 10.1. The van der Waals surface area contributed by atoms with Crippen LogP contribution in [0.3, 0.4) is 0 Å². The van der Waals surface area contributed by atoms with Crippen LogP contribution in [0.15, 0.2) is 24.5 Å². The van der Waals surface area contributed by atoms with Crippen molar-refractivity contribution in [1.82, 2.24) is 20.6 Å². The van der Waals surface area contributed by atoms with Crippen molar-refractivity contribution in [3.8, 4) is 6.07 Å². The summed E-state index contributed by atoms with van der Waals surface area (Å²) in [5, 5.41) is 15.0. The lowest BCUT2D eigenvalue weighted by molar-refractivity contribution is -0.138. The molecule has 2 aliphatic heterocycles. The molecule has 2 aromatic rings. The minimum absolute atomic E-state index is 0. The Morgan fingerprint density at radius 3 is 2.76 bits per heavy atom. The van der Waals surface area contributed by atoms with E-state index in [9.17, 15) is 14.4 Å². The van der Waals surface area contributed by atoms with Crippen LogP contribution in [0.1, 0.15) is 12.5 Å². The first-order valence-electron chi connectivity index (χ1n) is 9.26. The van der Waals surface area contributed by atoms with Gasteiger partial charge in [-0.3, -0.25) is 14.8 Å². The largest absolute Gasteiger partial charge is 0.364 e. The van der Waals surface area contributed by atoms with Gasteiger partial charge in [-0.25, -0.2) is 4.39 Å². The van der Waals surface area contributed by atoms with Gasteiger partial charge < -0.3 is 20.3 Å². The Morgan fingerprint density at radius 2 is 2.07 bits per heavy atom. The van der Waals surface area contributed by atoms with Gasteiger partial charge in [-0.15, -0.1) is 12.4 Å². The maximum Gasteiger partial charge on any atom is 0.251 e. The summed E-state index contributed by atoms with van der Waals surface area (Å²) in [7, 11) is 0. The van der Waals surface area contributed by atoms with Crippen molar-refractivity contribution in [3.05, 3.63) is 30.1 Å². The molecule has 0 bridgehead atoms. The number of amides is 1. The standard InChI is InChI=1S/C19H21FN6O2.ClH/c1-11-9-26(10-16(28-11)19(27)25-14-8-22-7-13(14)20)15-3-2-12(6-21)17-18(15)24-5-4-23-17;/h2-5,11,13-14,16,22H,7-10H2,1H3,(H,25,27);1H/t11-,13-,14+,16-;/m1./s1. The molecule has 3 heterocycles. The predicted molar refractivity (Wildman–Crippen MR) is 108 cm³/mol. The fourth-order valence-corrected chi connectivity index (χ4v) is 3.75. The molecular formula is C19H22ClFN6O2. The number of anilines is 1. The second-order valence-electron chi connectivity index (χ2n) is 7.13. The Balaban J connectivity index is 0.00000240. The van der Waals surface area contributed by atoms with E-state index < -0.39 is 18.3 Å². The summed E-state index contributed by atoms with van der Waals surface area (Å²) in [5.41, 5.74) is 2.38. The van der Waals surface area contributed by atoms with E-state index in [4.69, 9.17) is 4.74 Å². The number of benzene rings is 1. The Bertz CT molecular complexity index is 939. The minimum atomic E-state index is -1.10. The summed E-state index contributed by atoms with van der Waals surface area (Å²) < 4.78 is 19.6. The van der Waals surface area contributed by atoms with Gasteiger partial charge in [0.05, 0.1) is 29.9 Å². The summed E-state index contributed by atoms with van der Waals surface area (Å²) in [6, 6.07) is 5.12. The quantitative estimate of drug-likeness (QED) is 0.761. The van der Waals surface area contributed by atoms with Crippen molar-refractivity contribution in [3.63, 3.8) is 0 Å². The van der Waals surface area contributed by atoms with Crippen LogP contribution >= 0.6 is 12.4 Å². The molecule has 2 saturated heterocycles. The summed E-state index contributed by atoms with van der Waals surface area (Å²) in [6.45, 7) is 3.42. The molecule has 29 heavy (non-hydrogen) atoms. The number of nitriles is 1. The lowest BCUT2D eigenvalue weighted by Crippen LogP contribution is -2.55. The van der Waals surface area contributed by atoms with Crippen molar-refractivity contribution in [1.29, 1.82) is 5.26 Å². The summed E-state index contributed by atoms with van der Waals surface area (Å²) in [6.07, 6.45) is 1.11. The molecule has 0 saturated carbocycles. The number of aromatic nitrogens is 2. The third-order valence-electron chi connectivity index (χ3n) is 5.09. The second-order valence-corrected chi connectivity index (χ2v) is 7.13. The van der Waals surface area contributed by atoms with E-state index in [2.05, 4.69) is 26.7 Å². The van der Waals surface area contributed by atoms with Crippen LogP contribution in [0, 0.1) is 11.3 Å². The van der Waals surface area contributed by atoms with E-state index in [0.29, 0.717) is 36.2 Å². The number of morpholine rings is 1. The number of ether oxygens (including phenoxy) is 1. The number of fused-ring (bicyclic) bond motifs is 1. The topological polar surface area (TPSA) is 103 Å². The van der Waals surface area contributed by atoms with Crippen molar-refractivity contribution < 1.29 is 13.9 Å². The van der Waals surface area contributed by atoms with Gasteiger partial charge in [0.15, 0.2) is 6.10 Å². The summed E-state index contributed by atoms with van der Waals surface area (Å²) in [4.78, 5) is 23.4. The minimum Gasteiger partial charge on any atom is -0.364 e. The van der Waals surface area contributed by atoms with Gasteiger partial charge in [-0.2, -0.15) is 5.26 Å². The van der Waals surface area contributed by atoms with E-state index in [1.807, 2.05) is 17.9 Å². The smallest absolute Gasteiger partial charge is 0.251 e. The lowest BCUT2D eigenvalue weighted by Gasteiger charge is -2.38. The normalized spacial score (nSPS) is 26.6. The van der Waals surface area contributed by atoms with Gasteiger partial charge in [0.1, 0.15) is 23.3 Å². The van der Waals surface area contributed by atoms with E-state index in [-0.39, 0.29) is 31.0 Å². The average Bonchev–Trinajstić information content (AvgIpc) is 3.11. The molecule has 1 aromatic carbocycles. The molecule has 154 valence electrons. The van der Waals surface area contributed by atoms with E-state index in [0.717, 1.165) is 5.69 Å². The maximum atomic E-state index is 13.8. The summed E-state index contributed by atoms with van der Waals surface area (Å²) >= 11 is 0. The van der Waals surface area contributed by atoms with E-state index in [1.54, 1.807) is 18.5 Å². The number of nitrogens with one attached hydrogen (secondary N) is 2. The molecule has 8 nitrogen and oxygen atoms in total. The van der Waals surface area contributed by atoms with Crippen molar-refractivity contribution in [2.45, 2.75) is 31.3 Å². The average molecular weight is 421 g/mol. The molecule has 0 unspecified atom stereocenters. The third-order valence-corrected chi connectivity index (χ3v) is 5.09. The molecule has 4 rings (SSSR count). The van der Waals surface area contributed by atoms with Gasteiger partial charge in [0.25, 0.3) is 5.91 Å². The molecule has 2 fully saturated rings. The van der Waals surface area contributed by atoms with Gasteiger partial charge in [0.2, 0.25) is 0 Å². The van der Waals surface area contributed by atoms with Crippen molar-refractivity contribution >= 4 is 35.0 Å². The van der Waals surface area contributed by atoms with Crippen LogP contribution in [0.5, 0.6) is 0 Å². The number of hydrogen-bond acceptors (Lipinski definition) is 7. The summed E-state index contributed by atoms with van der Waals surface area (Å²) in [5.74, 6) is -0.322. The Hall–Kier alpha value is -2.54. The molecule has 1 aromatic heterocycles. The molecule has 2 N–H and O–H groups in total. The zero-order chi connectivity index (χ0) is 19.7. The van der Waals surface area contributed by atoms with Gasteiger partial charge in [0, 0.05) is 32.0 Å². The van der Waals surface area contributed by atoms with E-state index >= 15 is 0 Å². The highest BCUT2D eigenvalue weighted by Crippen LogP contribution is 2.28. The number of rotatable bonds is 3. The Labute approximate surface area is 173 Å². The SMILES string of the molecule is C[C@@H]1CN(c2ccc(C#N)c3nccnc23)C[C@H](C(=O)N[C@H]2CNC[C@H]2F)O1.Cl. The van der Waals surface area contributed by atoms with Crippen LogP contribution in [0.25, 0.3) is 11.0 Å².